The maximum Gasteiger partial charge on any atom is 0.0130 e. The molecule has 4 aromatic rings. The Morgan fingerprint density at radius 3 is 1.50 bits per heavy atom. The minimum atomic E-state index is -1.84. The van der Waals surface area contributed by atoms with Gasteiger partial charge in [-0.3, -0.25) is 0 Å². The summed E-state index contributed by atoms with van der Waals surface area (Å²) >= 11 is 6.40. The molecule has 0 saturated heterocycles. The Morgan fingerprint density at radius 2 is 1.06 bits per heavy atom. The van der Waals surface area contributed by atoms with Gasteiger partial charge in [0.1, 0.15) is 0 Å². The van der Waals surface area contributed by atoms with Crippen molar-refractivity contribution in [2.24, 2.45) is 0 Å². The molecule has 4 aromatic carbocycles. The van der Waals surface area contributed by atoms with E-state index in [0.29, 0.717) is 5.66 Å². The van der Waals surface area contributed by atoms with Gasteiger partial charge < -0.3 is 0 Å². The van der Waals surface area contributed by atoms with E-state index in [2.05, 4.69) is 143 Å². The topological polar surface area (TPSA) is 0 Å². The van der Waals surface area contributed by atoms with Gasteiger partial charge in [-0.25, -0.2) is 0 Å². The second-order valence-electron chi connectivity index (χ2n) is 9.75. The maximum atomic E-state index is 6.40. The molecule has 0 aromatic heterocycles. The van der Waals surface area contributed by atoms with Gasteiger partial charge in [-0.05, 0) is 51.9 Å². The van der Waals surface area contributed by atoms with Gasteiger partial charge in [0, 0.05) is 6.04 Å². The molecule has 0 aliphatic heterocycles. The summed E-state index contributed by atoms with van der Waals surface area (Å²) in [5.41, 5.74) is 1.81. The van der Waals surface area contributed by atoms with Crippen molar-refractivity contribution in [3.05, 3.63) is 121 Å². The first-order chi connectivity index (χ1) is 16.3. The first-order valence-electron chi connectivity index (χ1n) is 12.0. The molecule has 0 bridgehead atoms. The summed E-state index contributed by atoms with van der Waals surface area (Å²) < 4.78 is 0. The lowest BCUT2D eigenvalue weighted by Gasteiger charge is -2.36. The van der Waals surface area contributed by atoms with Crippen LogP contribution < -0.4 is 21.2 Å². The Bertz CT molecular complexity index is 1190. The number of rotatable bonds is 8. The summed E-state index contributed by atoms with van der Waals surface area (Å²) in [6, 6.07) is 40.2. The molecule has 0 aliphatic carbocycles. The van der Waals surface area contributed by atoms with Crippen LogP contribution in [0.1, 0.15) is 33.3 Å². The first-order valence-corrected chi connectivity index (χ1v) is 16.2. The van der Waals surface area contributed by atoms with Crippen LogP contribution in [0.25, 0.3) is 0 Å². The SMILES string of the molecule is CC(C)P(=S)(c1ccccc1)c1ccc(CC(C)(C)P(c2ccccc2)c2ccccc2)cc1. The lowest BCUT2D eigenvalue weighted by atomic mass is 10.0. The first kappa shape index (κ1) is 25.1. The largest absolute Gasteiger partial charge is 0.0873 e. The summed E-state index contributed by atoms with van der Waals surface area (Å²) in [6.07, 6.45) is 1.03. The van der Waals surface area contributed by atoms with Crippen molar-refractivity contribution in [1.29, 1.82) is 0 Å². The molecule has 4 rings (SSSR count). The van der Waals surface area contributed by atoms with Gasteiger partial charge in [0.15, 0.2) is 0 Å². The van der Waals surface area contributed by atoms with E-state index in [1.165, 1.54) is 26.8 Å². The maximum absolute atomic E-state index is 6.40. The Morgan fingerprint density at radius 1 is 0.647 bits per heavy atom. The van der Waals surface area contributed by atoms with Crippen LogP contribution in [0, 0.1) is 0 Å². The van der Waals surface area contributed by atoms with Crippen LogP contribution in [0.3, 0.4) is 0 Å². The molecule has 1 unspecified atom stereocenters. The van der Waals surface area contributed by atoms with Crippen LogP contribution in [0.4, 0.5) is 0 Å². The molecule has 0 N–H and O–H groups in total. The molecule has 1 atom stereocenters. The average Bonchev–Trinajstić information content (AvgIpc) is 2.85. The Labute approximate surface area is 212 Å². The smallest absolute Gasteiger partial charge is 0.0130 e. The lowest BCUT2D eigenvalue weighted by Crippen LogP contribution is -2.31. The quantitative estimate of drug-likeness (QED) is 0.235. The van der Waals surface area contributed by atoms with Crippen LogP contribution in [0.5, 0.6) is 0 Å². The number of hydrogen-bond donors (Lipinski definition) is 0. The summed E-state index contributed by atoms with van der Waals surface area (Å²) in [6.45, 7) is 9.40. The highest BCUT2D eigenvalue weighted by Crippen LogP contribution is 2.50. The van der Waals surface area contributed by atoms with Gasteiger partial charge in [0.2, 0.25) is 0 Å². The van der Waals surface area contributed by atoms with Crippen molar-refractivity contribution < 1.29 is 0 Å². The van der Waals surface area contributed by atoms with Crippen molar-refractivity contribution in [1.82, 2.24) is 0 Å². The highest BCUT2D eigenvalue weighted by Gasteiger charge is 2.32. The van der Waals surface area contributed by atoms with Crippen LogP contribution in [0.2, 0.25) is 0 Å². The zero-order chi connectivity index (χ0) is 24.2. The molecule has 0 heterocycles. The fraction of sp³-hybridized carbons (Fsp3) is 0.226. The Balaban J connectivity index is 1.66. The van der Waals surface area contributed by atoms with Gasteiger partial charge in [0.25, 0.3) is 0 Å². The molecule has 0 aliphatic rings. The van der Waals surface area contributed by atoms with Crippen molar-refractivity contribution >= 4 is 47.0 Å². The summed E-state index contributed by atoms with van der Waals surface area (Å²) in [5.74, 6) is 0. The van der Waals surface area contributed by atoms with E-state index in [1.807, 2.05) is 0 Å². The molecular formula is C31H34P2S. The van der Waals surface area contributed by atoms with E-state index in [4.69, 9.17) is 11.8 Å². The van der Waals surface area contributed by atoms with E-state index < -0.39 is 14.0 Å². The van der Waals surface area contributed by atoms with E-state index in [1.54, 1.807) is 0 Å². The monoisotopic (exact) mass is 500 g/mol. The third kappa shape index (κ3) is 5.28. The van der Waals surface area contributed by atoms with Crippen LogP contribution in [-0.2, 0) is 18.2 Å². The van der Waals surface area contributed by atoms with E-state index in [0.717, 1.165) is 6.42 Å². The minimum absolute atomic E-state index is 0.108. The van der Waals surface area contributed by atoms with Crippen LogP contribution in [0.15, 0.2) is 115 Å². The molecule has 0 spiro atoms. The normalized spacial score (nSPS) is 13.7. The van der Waals surface area contributed by atoms with Gasteiger partial charge in [-0.2, -0.15) is 0 Å². The summed E-state index contributed by atoms with van der Waals surface area (Å²) in [5, 5.41) is 5.61. The highest BCUT2D eigenvalue weighted by atomic mass is 32.4. The zero-order valence-electron chi connectivity index (χ0n) is 20.6. The Hall–Kier alpha value is -2.04. The van der Waals surface area contributed by atoms with Crippen molar-refractivity contribution in [2.75, 3.05) is 0 Å². The molecule has 0 amide bonds. The number of hydrogen-bond acceptors (Lipinski definition) is 1. The minimum Gasteiger partial charge on any atom is -0.0873 e. The second-order valence-corrected chi connectivity index (χ2v) is 17.8. The van der Waals surface area contributed by atoms with E-state index in [-0.39, 0.29) is 5.16 Å². The van der Waals surface area contributed by atoms with Crippen molar-refractivity contribution in [3.8, 4) is 0 Å². The standard InChI is InChI=1S/C31H34P2S/c1-25(2)33(34,29-18-12-7-13-19-29)30-22-20-26(21-23-30)24-31(3,4)32(27-14-8-5-9-15-27)28-16-10-6-11-17-28/h5-23,25H,24H2,1-4H3. The molecule has 0 saturated carbocycles. The highest BCUT2D eigenvalue weighted by molar-refractivity contribution is 8.22. The van der Waals surface area contributed by atoms with Crippen LogP contribution in [-0.4, -0.2) is 10.8 Å². The third-order valence-electron chi connectivity index (χ3n) is 6.46. The fourth-order valence-electron chi connectivity index (χ4n) is 4.81. The van der Waals surface area contributed by atoms with Gasteiger partial charge >= 0.3 is 0 Å². The molecule has 174 valence electrons. The lowest BCUT2D eigenvalue weighted by molar-refractivity contribution is 0.699. The third-order valence-corrected chi connectivity index (χ3v) is 15.6. The van der Waals surface area contributed by atoms with Gasteiger partial charge in [-0.15, -0.1) is 0 Å². The summed E-state index contributed by atoms with van der Waals surface area (Å²) in [4.78, 5) is 0. The predicted octanol–water partition coefficient (Wildman–Crippen LogP) is 6.98. The average molecular weight is 501 g/mol. The van der Waals surface area contributed by atoms with E-state index in [9.17, 15) is 0 Å². The molecule has 34 heavy (non-hydrogen) atoms. The second kappa shape index (κ2) is 10.7. The predicted molar refractivity (Wildman–Crippen MR) is 158 cm³/mol. The molecule has 3 heteroatoms. The molecule has 0 nitrogen and oxygen atoms in total. The van der Waals surface area contributed by atoms with Gasteiger partial charge in [-0.1, -0.05) is 155 Å². The van der Waals surface area contributed by atoms with Crippen molar-refractivity contribution in [2.45, 2.75) is 44.9 Å². The van der Waals surface area contributed by atoms with Crippen LogP contribution >= 0.6 is 14.0 Å². The van der Waals surface area contributed by atoms with E-state index >= 15 is 0 Å². The zero-order valence-corrected chi connectivity index (χ0v) is 23.2. The van der Waals surface area contributed by atoms with Crippen molar-refractivity contribution in [3.63, 3.8) is 0 Å². The van der Waals surface area contributed by atoms with Gasteiger partial charge in [0.05, 0.1) is 0 Å². The summed E-state index contributed by atoms with van der Waals surface area (Å²) in [7, 11) is -0.508. The number of benzene rings is 4. The molecule has 0 radical (unpaired) electrons. The Kier molecular flexibility index (Phi) is 7.89. The fourth-order valence-corrected chi connectivity index (χ4v) is 11.2. The molecule has 0 fully saturated rings. The molecular weight excluding hydrogens is 466 g/mol.